The Morgan fingerprint density at radius 1 is 1.57 bits per heavy atom. The molecule has 1 aliphatic rings. The predicted octanol–water partition coefficient (Wildman–Crippen LogP) is 0.479. The zero-order valence-electron chi connectivity index (χ0n) is 7.33. The Labute approximate surface area is 87.8 Å². The smallest absolute Gasteiger partial charge is 0.278 e. The van der Waals surface area contributed by atoms with Crippen LogP contribution in [0.4, 0.5) is 5.69 Å². The second kappa shape index (κ2) is 3.13. The maximum absolute atomic E-state index is 11.6. The minimum atomic E-state index is -0.312. The van der Waals surface area contributed by atoms with Gasteiger partial charge in [-0.15, -0.1) is 0 Å². The first kappa shape index (κ1) is 9.26. The van der Waals surface area contributed by atoms with Crippen LogP contribution in [0.1, 0.15) is 0 Å². The van der Waals surface area contributed by atoms with E-state index in [1.54, 1.807) is 13.2 Å². The molecular formula is C8H7BrN2O3. The van der Waals surface area contributed by atoms with Crippen LogP contribution in [0.5, 0.6) is 5.75 Å². The van der Waals surface area contributed by atoms with E-state index in [0.29, 0.717) is 10.2 Å². The average molecular weight is 259 g/mol. The highest BCUT2D eigenvalue weighted by molar-refractivity contribution is 9.10. The van der Waals surface area contributed by atoms with E-state index in [4.69, 9.17) is 4.74 Å². The standard InChI is InChI=1S/C8H7BrN2O3/c1-11-2-4(9)7-6(8(11)13)10-5(12)3-14-7/h2H,3H2,1H3,(H,10,12). The van der Waals surface area contributed by atoms with Crippen LogP contribution in [0.2, 0.25) is 0 Å². The van der Waals surface area contributed by atoms with Crippen LogP contribution < -0.4 is 15.6 Å². The summed E-state index contributed by atoms with van der Waals surface area (Å²) in [5, 5.41) is 2.48. The Morgan fingerprint density at radius 3 is 3.00 bits per heavy atom. The lowest BCUT2D eigenvalue weighted by Crippen LogP contribution is -2.32. The molecule has 2 heterocycles. The molecule has 6 heteroatoms. The third-order valence-electron chi connectivity index (χ3n) is 1.90. The van der Waals surface area contributed by atoms with Crippen LogP contribution in [-0.2, 0) is 11.8 Å². The molecule has 1 N–H and O–H groups in total. The van der Waals surface area contributed by atoms with Gasteiger partial charge in [0.1, 0.15) is 0 Å². The van der Waals surface area contributed by atoms with Crippen LogP contribution in [0.3, 0.4) is 0 Å². The highest BCUT2D eigenvalue weighted by atomic mass is 79.9. The second-order valence-electron chi connectivity index (χ2n) is 2.93. The molecule has 0 atom stereocenters. The molecule has 0 saturated heterocycles. The number of carbonyl (C=O) groups is 1. The molecule has 0 spiro atoms. The lowest BCUT2D eigenvalue weighted by molar-refractivity contribution is -0.118. The van der Waals surface area contributed by atoms with Gasteiger partial charge in [-0.05, 0) is 15.9 Å². The van der Waals surface area contributed by atoms with E-state index in [1.165, 1.54) is 4.57 Å². The first-order chi connectivity index (χ1) is 6.59. The van der Waals surface area contributed by atoms with Crippen molar-refractivity contribution < 1.29 is 9.53 Å². The fraction of sp³-hybridized carbons (Fsp3) is 0.250. The number of carbonyl (C=O) groups excluding carboxylic acids is 1. The van der Waals surface area contributed by atoms with E-state index in [2.05, 4.69) is 21.2 Å². The number of rotatable bonds is 0. The summed E-state index contributed by atoms with van der Waals surface area (Å²) in [6.45, 7) is -0.0568. The normalized spacial score (nSPS) is 14.3. The Balaban J connectivity index is 2.69. The number of aryl methyl sites for hydroxylation is 1. The number of hydrogen-bond donors (Lipinski definition) is 1. The van der Waals surface area contributed by atoms with Crippen LogP contribution in [0.15, 0.2) is 15.5 Å². The molecule has 74 valence electrons. The number of halogens is 1. The maximum Gasteiger partial charge on any atom is 0.278 e. The monoisotopic (exact) mass is 258 g/mol. The number of anilines is 1. The van der Waals surface area contributed by atoms with Gasteiger partial charge in [-0.3, -0.25) is 9.59 Å². The molecule has 2 rings (SSSR count). The fourth-order valence-electron chi connectivity index (χ4n) is 1.24. The maximum atomic E-state index is 11.6. The molecule has 0 unspecified atom stereocenters. The number of hydrogen-bond acceptors (Lipinski definition) is 3. The molecule has 0 radical (unpaired) electrons. The first-order valence-electron chi connectivity index (χ1n) is 3.91. The molecule has 1 aliphatic heterocycles. The second-order valence-corrected chi connectivity index (χ2v) is 3.79. The summed E-state index contributed by atoms with van der Waals surface area (Å²) in [4.78, 5) is 22.6. The number of aromatic nitrogens is 1. The summed E-state index contributed by atoms with van der Waals surface area (Å²) in [5.41, 5.74) is -0.0885. The molecule has 0 bridgehead atoms. The molecule has 1 amide bonds. The van der Waals surface area contributed by atoms with Gasteiger partial charge in [0, 0.05) is 13.2 Å². The molecule has 14 heavy (non-hydrogen) atoms. The highest BCUT2D eigenvalue weighted by Crippen LogP contribution is 2.31. The minimum absolute atomic E-state index is 0.0568. The zero-order valence-corrected chi connectivity index (χ0v) is 8.92. The zero-order chi connectivity index (χ0) is 10.3. The number of nitrogens with one attached hydrogen (secondary N) is 1. The summed E-state index contributed by atoms with van der Waals surface area (Å²) in [6.07, 6.45) is 1.60. The lowest BCUT2D eigenvalue weighted by Gasteiger charge is -2.18. The largest absolute Gasteiger partial charge is 0.480 e. The Morgan fingerprint density at radius 2 is 2.29 bits per heavy atom. The van der Waals surface area contributed by atoms with Gasteiger partial charge in [-0.25, -0.2) is 0 Å². The van der Waals surface area contributed by atoms with Gasteiger partial charge in [0.15, 0.2) is 18.0 Å². The van der Waals surface area contributed by atoms with Crippen molar-refractivity contribution in [2.75, 3.05) is 11.9 Å². The Bertz CT molecular complexity index is 466. The highest BCUT2D eigenvalue weighted by Gasteiger charge is 2.22. The van der Waals surface area contributed by atoms with Crippen molar-refractivity contribution in [3.63, 3.8) is 0 Å². The van der Waals surface area contributed by atoms with Crippen molar-refractivity contribution in [2.45, 2.75) is 0 Å². The first-order valence-corrected chi connectivity index (χ1v) is 4.70. The molecule has 0 aliphatic carbocycles. The summed E-state index contributed by atoms with van der Waals surface area (Å²) in [7, 11) is 1.61. The van der Waals surface area contributed by atoms with Crippen LogP contribution >= 0.6 is 15.9 Å². The van der Waals surface area contributed by atoms with E-state index in [9.17, 15) is 9.59 Å². The van der Waals surface area contributed by atoms with Crippen LogP contribution in [-0.4, -0.2) is 17.1 Å². The van der Waals surface area contributed by atoms with Crippen molar-refractivity contribution >= 4 is 27.5 Å². The van der Waals surface area contributed by atoms with Crippen molar-refractivity contribution in [1.82, 2.24) is 4.57 Å². The lowest BCUT2D eigenvalue weighted by atomic mass is 10.3. The summed E-state index contributed by atoms with van der Waals surface area (Å²) in [5.74, 6) is 0.0837. The number of fused-ring (bicyclic) bond motifs is 1. The van der Waals surface area contributed by atoms with Gasteiger partial charge in [-0.1, -0.05) is 0 Å². The summed E-state index contributed by atoms with van der Waals surface area (Å²) in [6, 6.07) is 0. The topological polar surface area (TPSA) is 60.3 Å². The van der Waals surface area contributed by atoms with Crippen molar-refractivity contribution in [2.24, 2.45) is 7.05 Å². The van der Waals surface area contributed by atoms with E-state index < -0.39 is 0 Å². The van der Waals surface area contributed by atoms with Crippen molar-refractivity contribution in [3.8, 4) is 5.75 Å². The van der Waals surface area contributed by atoms with Gasteiger partial charge in [0.2, 0.25) is 0 Å². The SMILES string of the molecule is Cn1cc(Br)c2c(c1=O)NC(=O)CO2. The Kier molecular flexibility index (Phi) is 2.07. The van der Waals surface area contributed by atoms with Gasteiger partial charge < -0.3 is 14.6 Å². The molecule has 5 nitrogen and oxygen atoms in total. The van der Waals surface area contributed by atoms with Crippen molar-refractivity contribution in [1.29, 1.82) is 0 Å². The van der Waals surface area contributed by atoms with Gasteiger partial charge in [-0.2, -0.15) is 0 Å². The minimum Gasteiger partial charge on any atom is -0.480 e. The quantitative estimate of drug-likeness (QED) is 0.737. The van der Waals surface area contributed by atoms with Crippen LogP contribution in [0, 0.1) is 0 Å². The fourth-order valence-corrected chi connectivity index (χ4v) is 1.86. The van der Waals surface area contributed by atoms with Gasteiger partial charge in [0.25, 0.3) is 11.5 Å². The third kappa shape index (κ3) is 1.31. The van der Waals surface area contributed by atoms with E-state index in [-0.39, 0.29) is 23.8 Å². The number of nitrogens with zero attached hydrogens (tertiary/aromatic N) is 1. The molecule has 0 aromatic carbocycles. The average Bonchev–Trinajstić information content (AvgIpc) is 2.14. The number of amides is 1. The predicted molar refractivity (Wildman–Crippen MR) is 53.5 cm³/mol. The number of pyridine rings is 1. The van der Waals surface area contributed by atoms with E-state index in [0.717, 1.165) is 0 Å². The molecule has 1 aromatic rings. The van der Waals surface area contributed by atoms with E-state index in [1.807, 2.05) is 0 Å². The van der Waals surface area contributed by atoms with Crippen LogP contribution in [0.25, 0.3) is 0 Å². The number of ether oxygens (including phenoxy) is 1. The van der Waals surface area contributed by atoms with Crippen molar-refractivity contribution in [3.05, 3.63) is 21.0 Å². The third-order valence-corrected chi connectivity index (χ3v) is 2.46. The summed E-state index contributed by atoms with van der Waals surface area (Å²) < 4.78 is 7.15. The molecule has 1 aromatic heterocycles. The summed E-state index contributed by atoms with van der Waals surface area (Å²) >= 11 is 3.25. The van der Waals surface area contributed by atoms with Gasteiger partial charge >= 0.3 is 0 Å². The van der Waals surface area contributed by atoms with E-state index >= 15 is 0 Å². The molecule has 0 fully saturated rings. The molecular weight excluding hydrogens is 252 g/mol. The molecule has 0 saturated carbocycles. The Hall–Kier alpha value is -1.30. The van der Waals surface area contributed by atoms with Gasteiger partial charge in [0.05, 0.1) is 4.47 Å².